The molecule has 3 heterocycles. The molecule has 0 radical (unpaired) electrons. The lowest BCUT2D eigenvalue weighted by atomic mass is 10.2. The number of nitrogens with two attached hydrogens (primary N) is 1. The SMILES string of the molecule is CCc1nsc(N2CCN(c3ncccc3C(N)=O)CC2)n1. The number of amides is 1. The van der Waals surface area contributed by atoms with Gasteiger partial charge >= 0.3 is 0 Å². The van der Waals surface area contributed by atoms with Crippen LogP contribution >= 0.6 is 11.5 Å². The molecule has 0 atom stereocenters. The maximum Gasteiger partial charge on any atom is 0.252 e. The van der Waals surface area contributed by atoms with Crippen LogP contribution in [0, 0.1) is 0 Å². The predicted octanol–water partition coefficient (Wildman–Crippen LogP) is 0.921. The summed E-state index contributed by atoms with van der Waals surface area (Å²) >= 11 is 1.44. The van der Waals surface area contributed by atoms with Crippen molar-refractivity contribution in [2.24, 2.45) is 5.73 Å². The van der Waals surface area contributed by atoms with Crippen LogP contribution in [-0.2, 0) is 6.42 Å². The lowest BCUT2D eigenvalue weighted by Gasteiger charge is -2.35. The number of hydrogen-bond donors (Lipinski definition) is 1. The fourth-order valence-electron chi connectivity index (χ4n) is 2.47. The highest BCUT2D eigenvalue weighted by atomic mass is 32.1. The third-order valence-corrected chi connectivity index (χ3v) is 4.49. The minimum absolute atomic E-state index is 0.442. The molecule has 0 bridgehead atoms. The summed E-state index contributed by atoms with van der Waals surface area (Å²) in [7, 11) is 0. The molecule has 22 heavy (non-hydrogen) atoms. The summed E-state index contributed by atoms with van der Waals surface area (Å²) in [6.07, 6.45) is 2.54. The highest BCUT2D eigenvalue weighted by Crippen LogP contribution is 2.23. The number of piperazine rings is 1. The molecule has 0 saturated carbocycles. The molecule has 1 aliphatic heterocycles. The fourth-order valence-corrected chi connectivity index (χ4v) is 3.27. The first-order valence-corrected chi connectivity index (χ1v) is 8.03. The third kappa shape index (κ3) is 2.87. The molecule has 116 valence electrons. The molecule has 7 nitrogen and oxygen atoms in total. The molecule has 1 amide bonds. The number of anilines is 2. The van der Waals surface area contributed by atoms with E-state index < -0.39 is 5.91 Å². The average Bonchev–Trinajstić information content (AvgIpc) is 3.04. The van der Waals surface area contributed by atoms with Crippen molar-refractivity contribution in [1.82, 2.24) is 14.3 Å². The molecular formula is C14H18N6OS. The van der Waals surface area contributed by atoms with Gasteiger partial charge in [-0.2, -0.15) is 4.37 Å². The zero-order chi connectivity index (χ0) is 15.5. The Morgan fingerprint density at radius 3 is 2.68 bits per heavy atom. The molecule has 1 aliphatic rings. The van der Waals surface area contributed by atoms with E-state index in [2.05, 4.69) is 31.1 Å². The number of nitrogens with zero attached hydrogens (tertiary/aromatic N) is 5. The lowest BCUT2D eigenvalue weighted by molar-refractivity contribution is 0.100. The van der Waals surface area contributed by atoms with E-state index in [1.807, 2.05) is 0 Å². The van der Waals surface area contributed by atoms with Gasteiger partial charge in [0.2, 0.25) is 5.13 Å². The zero-order valence-electron chi connectivity index (χ0n) is 12.4. The molecule has 0 unspecified atom stereocenters. The van der Waals surface area contributed by atoms with Crippen molar-refractivity contribution in [1.29, 1.82) is 0 Å². The van der Waals surface area contributed by atoms with Gasteiger partial charge < -0.3 is 15.5 Å². The van der Waals surface area contributed by atoms with Gasteiger partial charge in [-0.05, 0) is 12.1 Å². The Bertz CT molecular complexity index is 665. The number of primary amides is 1. The first-order valence-electron chi connectivity index (χ1n) is 7.26. The van der Waals surface area contributed by atoms with E-state index >= 15 is 0 Å². The van der Waals surface area contributed by atoms with Crippen molar-refractivity contribution in [2.45, 2.75) is 13.3 Å². The molecular weight excluding hydrogens is 300 g/mol. The molecule has 1 saturated heterocycles. The summed E-state index contributed by atoms with van der Waals surface area (Å²) in [5.74, 6) is 1.12. The molecule has 0 aliphatic carbocycles. The molecule has 0 aromatic carbocycles. The van der Waals surface area contributed by atoms with Crippen molar-refractivity contribution < 1.29 is 4.79 Å². The van der Waals surface area contributed by atoms with E-state index in [1.54, 1.807) is 18.3 Å². The second-order valence-electron chi connectivity index (χ2n) is 5.06. The Labute approximate surface area is 132 Å². The maximum absolute atomic E-state index is 11.5. The Morgan fingerprint density at radius 1 is 1.32 bits per heavy atom. The van der Waals surface area contributed by atoms with Gasteiger partial charge in [0.05, 0.1) is 5.56 Å². The van der Waals surface area contributed by atoms with E-state index in [4.69, 9.17) is 5.73 Å². The summed E-state index contributed by atoms with van der Waals surface area (Å²) in [4.78, 5) is 24.7. The van der Waals surface area contributed by atoms with Crippen LogP contribution in [0.25, 0.3) is 0 Å². The number of aromatic nitrogens is 3. The van der Waals surface area contributed by atoms with E-state index in [-0.39, 0.29) is 0 Å². The number of carbonyl (C=O) groups excluding carboxylic acids is 1. The molecule has 3 rings (SSSR count). The standard InChI is InChI=1S/C14H18N6OS/c1-2-11-17-14(22-18-11)20-8-6-19(7-9-20)13-10(12(15)21)4-3-5-16-13/h3-5H,2,6-9H2,1H3,(H2,15,21). The second kappa shape index (κ2) is 6.27. The van der Waals surface area contributed by atoms with Crippen molar-refractivity contribution >= 4 is 28.4 Å². The van der Waals surface area contributed by atoms with Gasteiger partial charge in [0.15, 0.2) is 0 Å². The van der Waals surface area contributed by atoms with E-state index in [9.17, 15) is 4.79 Å². The summed E-state index contributed by atoms with van der Waals surface area (Å²) in [5, 5.41) is 0.965. The van der Waals surface area contributed by atoms with Crippen molar-refractivity contribution in [2.75, 3.05) is 36.0 Å². The minimum Gasteiger partial charge on any atom is -0.365 e. The van der Waals surface area contributed by atoms with Gasteiger partial charge in [0.1, 0.15) is 11.6 Å². The van der Waals surface area contributed by atoms with Crippen molar-refractivity contribution in [3.63, 3.8) is 0 Å². The minimum atomic E-state index is -0.442. The largest absolute Gasteiger partial charge is 0.365 e. The van der Waals surface area contributed by atoms with Crippen LogP contribution in [0.2, 0.25) is 0 Å². The number of hydrogen-bond acceptors (Lipinski definition) is 7. The van der Waals surface area contributed by atoms with Crippen molar-refractivity contribution in [3.05, 3.63) is 29.7 Å². The van der Waals surface area contributed by atoms with E-state index in [1.165, 1.54) is 11.5 Å². The highest BCUT2D eigenvalue weighted by molar-refractivity contribution is 7.09. The number of carbonyl (C=O) groups is 1. The van der Waals surface area contributed by atoms with Gasteiger partial charge in [0, 0.05) is 50.3 Å². The Kier molecular flexibility index (Phi) is 4.19. The van der Waals surface area contributed by atoms with Crippen LogP contribution in [0.4, 0.5) is 10.9 Å². The molecule has 8 heteroatoms. The summed E-state index contributed by atoms with van der Waals surface area (Å²) in [5.41, 5.74) is 5.90. The Balaban J connectivity index is 1.70. The fraction of sp³-hybridized carbons (Fsp3) is 0.429. The summed E-state index contributed by atoms with van der Waals surface area (Å²) < 4.78 is 4.33. The smallest absolute Gasteiger partial charge is 0.252 e. The third-order valence-electron chi connectivity index (χ3n) is 3.68. The number of pyridine rings is 1. The van der Waals surface area contributed by atoms with E-state index in [0.717, 1.165) is 43.6 Å². The van der Waals surface area contributed by atoms with Crippen LogP contribution in [0.3, 0.4) is 0 Å². The second-order valence-corrected chi connectivity index (χ2v) is 5.79. The number of rotatable bonds is 4. The summed E-state index contributed by atoms with van der Waals surface area (Å²) in [6.45, 7) is 5.26. The lowest BCUT2D eigenvalue weighted by Crippen LogP contribution is -2.47. The van der Waals surface area contributed by atoms with Gasteiger partial charge in [-0.15, -0.1) is 0 Å². The summed E-state index contributed by atoms with van der Waals surface area (Å²) in [6, 6.07) is 3.45. The first-order chi connectivity index (χ1) is 10.7. The van der Waals surface area contributed by atoms with Gasteiger partial charge in [0.25, 0.3) is 5.91 Å². The van der Waals surface area contributed by atoms with Crippen LogP contribution < -0.4 is 15.5 Å². The molecule has 2 N–H and O–H groups in total. The van der Waals surface area contributed by atoms with Crippen LogP contribution in [0.1, 0.15) is 23.1 Å². The van der Waals surface area contributed by atoms with E-state index in [0.29, 0.717) is 11.4 Å². The molecule has 2 aromatic rings. The Hall–Kier alpha value is -2.22. The van der Waals surface area contributed by atoms with Crippen LogP contribution in [-0.4, -0.2) is 46.4 Å². The number of aryl methyl sites for hydroxylation is 1. The van der Waals surface area contributed by atoms with Gasteiger partial charge in [-0.25, -0.2) is 9.97 Å². The highest BCUT2D eigenvalue weighted by Gasteiger charge is 2.23. The average molecular weight is 318 g/mol. The predicted molar refractivity (Wildman–Crippen MR) is 86.5 cm³/mol. The molecule has 1 fully saturated rings. The van der Waals surface area contributed by atoms with Crippen LogP contribution in [0.5, 0.6) is 0 Å². The van der Waals surface area contributed by atoms with Crippen molar-refractivity contribution in [3.8, 4) is 0 Å². The van der Waals surface area contributed by atoms with Crippen LogP contribution in [0.15, 0.2) is 18.3 Å². The normalized spacial score (nSPS) is 15.1. The maximum atomic E-state index is 11.5. The Morgan fingerprint density at radius 2 is 2.05 bits per heavy atom. The topological polar surface area (TPSA) is 88.2 Å². The first kappa shape index (κ1) is 14.7. The zero-order valence-corrected chi connectivity index (χ0v) is 13.2. The molecule has 0 spiro atoms. The monoisotopic (exact) mass is 318 g/mol. The van der Waals surface area contributed by atoms with Gasteiger partial charge in [-0.3, -0.25) is 4.79 Å². The molecule has 2 aromatic heterocycles. The van der Waals surface area contributed by atoms with Gasteiger partial charge in [-0.1, -0.05) is 6.92 Å². The quantitative estimate of drug-likeness (QED) is 0.902.